The van der Waals surface area contributed by atoms with Crippen molar-refractivity contribution in [1.29, 1.82) is 0 Å². The number of ether oxygens (including phenoxy) is 1. The van der Waals surface area contributed by atoms with Gasteiger partial charge < -0.3 is 19.1 Å². The Bertz CT molecular complexity index is 1270. The maximum Gasteiger partial charge on any atom is 0.339 e. The summed E-state index contributed by atoms with van der Waals surface area (Å²) in [5.41, 5.74) is 3.03. The number of hydrogen-bond acceptors (Lipinski definition) is 6. The molecule has 1 saturated heterocycles. The fourth-order valence-corrected chi connectivity index (χ4v) is 4.60. The number of halogens is 1. The largest absolute Gasteiger partial charge is 0.465 e. The lowest BCUT2D eigenvalue weighted by molar-refractivity contribution is -0.136. The van der Waals surface area contributed by atoms with Crippen molar-refractivity contribution in [1.82, 2.24) is 10.1 Å². The molecule has 8 nitrogen and oxygen atoms in total. The maximum atomic E-state index is 13.3. The van der Waals surface area contributed by atoms with Crippen LogP contribution in [0.3, 0.4) is 0 Å². The highest BCUT2D eigenvalue weighted by molar-refractivity contribution is 6.05. The van der Waals surface area contributed by atoms with Crippen LogP contribution >= 0.6 is 0 Å². The summed E-state index contributed by atoms with van der Waals surface area (Å²) >= 11 is 0. The van der Waals surface area contributed by atoms with E-state index in [0.29, 0.717) is 30.1 Å². The first-order valence-electron chi connectivity index (χ1n) is 11.0. The van der Waals surface area contributed by atoms with Crippen molar-refractivity contribution in [2.24, 2.45) is 5.92 Å². The molecular weight excluding hydrogens is 441 g/mol. The average Bonchev–Trinajstić information content (AvgIpc) is 3.46. The number of benzene rings is 2. The predicted molar refractivity (Wildman–Crippen MR) is 119 cm³/mol. The number of aromatic nitrogens is 1. The number of hydrogen-bond donors (Lipinski definition) is 0. The van der Waals surface area contributed by atoms with E-state index in [4.69, 9.17) is 9.26 Å². The Morgan fingerprint density at radius 1 is 1.15 bits per heavy atom. The van der Waals surface area contributed by atoms with Gasteiger partial charge in [-0.1, -0.05) is 17.3 Å². The molecule has 1 unspecified atom stereocenters. The van der Waals surface area contributed by atoms with Crippen LogP contribution in [-0.2, 0) is 27.3 Å². The topological polar surface area (TPSA) is 92.9 Å². The molecule has 5 rings (SSSR count). The summed E-state index contributed by atoms with van der Waals surface area (Å²) < 4.78 is 23.6. The average molecular weight is 463 g/mol. The van der Waals surface area contributed by atoms with Gasteiger partial charge in [-0.15, -0.1) is 0 Å². The van der Waals surface area contributed by atoms with Crippen molar-refractivity contribution in [3.63, 3.8) is 0 Å². The number of fused-ring (bicyclic) bond motifs is 1. The van der Waals surface area contributed by atoms with Crippen LogP contribution in [-0.4, -0.2) is 48.0 Å². The van der Waals surface area contributed by atoms with Gasteiger partial charge in [0.05, 0.1) is 30.8 Å². The number of methoxy groups -OCH3 is 1. The molecule has 174 valence electrons. The van der Waals surface area contributed by atoms with Gasteiger partial charge in [-0.05, 0) is 42.8 Å². The van der Waals surface area contributed by atoms with Crippen LogP contribution in [0.2, 0.25) is 0 Å². The SMILES string of the molecule is COC(=O)c1ccccc1N1CC(C(=O)N2CCc3c(noc3-c3ccc(F)cc3)C2)CC1=O. The zero-order chi connectivity index (χ0) is 23.8. The number of para-hydroxylation sites is 1. The third-order valence-corrected chi connectivity index (χ3v) is 6.33. The minimum Gasteiger partial charge on any atom is -0.465 e. The predicted octanol–water partition coefficient (Wildman–Crippen LogP) is 3.21. The quantitative estimate of drug-likeness (QED) is 0.552. The molecule has 0 radical (unpaired) electrons. The number of amides is 2. The molecule has 34 heavy (non-hydrogen) atoms. The van der Waals surface area contributed by atoms with E-state index < -0.39 is 11.9 Å². The first-order valence-corrected chi connectivity index (χ1v) is 11.0. The molecule has 3 aromatic rings. The molecule has 1 fully saturated rings. The molecule has 2 amide bonds. The van der Waals surface area contributed by atoms with Crippen molar-refractivity contribution in [3.8, 4) is 11.3 Å². The molecular formula is C25H22FN3O5. The van der Waals surface area contributed by atoms with Crippen LogP contribution in [0.25, 0.3) is 11.3 Å². The normalized spacial score (nSPS) is 17.6. The number of nitrogens with zero attached hydrogens (tertiary/aromatic N) is 3. The lowest BCUT2D eigenvalue weighted by Gasteiger charge is -2.28. The molecule has 3 heterocycles. The van der Waals surface area contributed by atoms with Crippen LogP contribution in [0, 0.1) is 11.7 Å². The van der Waals surface area contributed by atoms with Crippen molar-refractivity contribution >= 4 is 23.5 Å². The van der Waals surface area contributed by atoms with E-state index in [-0.39, 0.29) is 42.7 Å². The van der Waals surface area contributed by atoms with Crippen molar-refractivity contribution in [3.05, 3.63) is 71.2 Å². The van der Waals surface area contributed by atoms with Gasteiger partial charge in [-0.25, -0.2) is 9.18 Å². The number of carbonyl (C=O) groups excluding carboxylic acids is 3. The molecule has 0 spiro atoms. The molecule has 9 heteroatoms. The van der Waals surface area contributed by atoms with E-state index >= 15 is 0 Å². The van der Waals surface area contributed by atoms with Crippen LogP contribution in [0.15, 0.2) is 53.1 Å². The molecule has 0 bridgehead atoms. The summed E-state index contributed by atoms with van der Waals surface area (Å²) in [5.74, 6) is -1.16. The van der Waals surface area contributed by atoms with Gasteiger partial charge in [0.1, 0.15) is 11.5 Å². The number of anilines is 1. The zero-order valence-corrected chi connectivity index (χ0v) is 18.5. The molecule has 0 N–H and O–H groups in total. The lowest BCUT2D eigenvalue weighted by Crippen LogP contribution is -2.40. The van der Waals surface area contributed by atoms with Gasteiger partial charge in [-0.2, -0.15) is 0 Å². The van der Waals surface area contributed by atoms with Gasteiger partial charge in [0.15, 0.2) is 5.76 Å². The number of rotatable bonds is 4. The Balaban J connectivity index is 1.31. The number of esters is 1. The van der Waals surface area contributed by atoms with E-state index in [1.807, 2.05) is 0 Å². The van der Waals surface area contributed by atoms with E-state index in [1.54, 1.807) is 41.3 Å². The van der Waals surface area contributed by atoms with E-state index in [2.05, 4.69) is 5.16 Å². The van der Waals surface area contributed by atoms with Gasteiger partial charge >= 0.3 is 5.97 Å². The minimum absolute atomic E-state index is 0.0668. The highest BCUT2D eigenvalue weighted by atomic mass is 19.1. The van der Waals surface area contributed by atoms with Crippen molar-refractivity contribution in [2.45, 2.75) is 19.4 Å². The lowest BCUT2D eigenvalue weighted by atomic mass is 9.99. The van der Waals surface area contributed by atoms with E-state index in [0.717, 1.165) is 11.1 Å². The molecule has 1 atom stereocenters. The van der Waals surface area contributed by atoms with Gasteiger partial charge in [0.2, 0.25) is 11.8 Å². The second-order valence-corrected chi connectivity index (χ2v) is 8.37. The summed E-state index contributed by atoms with van der Waals surface area (Å²) in [6.07, 6.45) is 0.615. The second-order valence-electron chi connectivity index (χ2n) is 8.37. The van der Waals surface area contributed by atoms with Gasteiger partial charge in [0, 0.05) is 30.6 Å². The summed E-state index contributed by atoms with van der Waals surface area (Å²) in [7, 11) is 1.28. The molecule has 2 aliphatic heterocycles. The summed E-state index contributed by atoms with van der Waals surface area (Å²) in [5, 5.41) is 4.14. The van der Waals surface area contributed by atoms with Gasteiger partial charge in [-0.3, -0.25) is 9.59 Å². The standard InChI is InChI=1S/C25H22FN3O5/c1-33-25(32)19-4-2-3-5-21(19)29-13-16(12-22(29)30)24(31)28-11-10-18-20(14-28)27-34-23(18)15-6-8-17(26)9-7-15/h2-9,16H,10-14H2,1H3. The third kappa shape index (κ3) is 3.83. The Hall–Kier alpha value is -4.01. The highest BCUT2D eigenvalue weighted by Crippen LogP contribution is 2.33. The van der Waals surface area contributed by atoms with Gasteiger partial charge in [0.25, 0.3) is 0 Å². The minimum atomic E-state index is -0.537. The maximum absolute atomic E-state index is 13.3. The van der Waals surface area contributed by atoms with Crippen LogP contribution < -0.4 is 4.90 Å². The Morgan fingerprint density at radius 3 is 2.68 bits per heavy atom. The van der Waals surface area contributed by atoms with Crippen molar-refractivity contribution in [2.75, 3.05) is 25.1 Å². The zero-order valence-electron chi connectivity index (χ0n) is 18.5. The van der Waals surface area contributed by atoms with Crippen LogP contribution in [0.1, 0.15) is 28.0 Å². The Morgan fingerprint density at radius 2 is 1.91 bits per heavy atom. The summed E-state index contributed by atoms with van der Waals surface area (Å²) in [6, 6.07) is 12.7. The smallest absolute Gasteiger partial charge is 0.339 e. The fourth-order valence-electron chi connectivity index (χ4n) is 4.60. The Labute approximate surface area is 194 Å². The summed E-state index contributed by atoms with van der Waals surface area (Å²) in [6.45, 7) is 0.932. The van der Waals surface area contributed by atoms with Crippen LogP contribution in [0.4, 0.5) is 10.1 Å². The molecule has 2 aromatic carbocycles. The third-order valence-electron chi connectivity index (χ3n) is 6.33. The monoisotopic (exact) mass is 463 g/mol. The summed E-state index contributed by atoms with van der Waals surface area (Å²) in [4.78, 5) is 41.3. The number of carbonyl (C=O) groups is 3. The first kappa shape index (κ1) is 21.8. The van der Waals surface area contributed by atoms with Crippen molar-refractivity contribution < 1.29 is 28.0 Å². The van der Waals surface area contributed by atoms with E-state index in [1.165, 1.54) is 24.1 Å². The first-order chi connectivity index (χ1) is 16.5. The van der Waals surface area contributed by atoms with Crippen LogP contribution in [0.5, 0.6) is 0 Å². The fraction of sp³-hybridized carbons (Fsp3) is 0.280. The van der Waals surface area contributed by atoms with E-state index in [9.17, 15) is 18.8 Å². The molecule has 2 aliphatic rings. The highest BCUT2D eigenvalue weighted by Gasteiger charge is 2.39. The molecule has 0 aliphatic carbocycles. The molecule has 0 saturated carbocycles. The Kier molecular flexibility index (Phi) is 5.61. The molecule has 1 aromatic heterocycles. The second kappa shape index (κ2) is 8.74.